The number of unbranched alkanes of at least 4 members (excludes halogenated alkanes) is 1. The minimum absolute atomic E-state index is 0.209. The molecule has 0 rings (SSSR count). The van der Waals surface area contributed by atoms with Crippen molar-refractivity contribution < 1.29 is 29.3 Å². The molecular weight excluding hydrogens is 348 g/mol. The van der Waals surface area contributed by atoms with Crippen molar-refractivity contribution in [3.63, 3.8) is 0 Å². The smallest absolute Gasteiger partial charge is 0.308 e. The lowest BCUT2D eigenvalue weighted by atomic mass is 9.73. The SMILES string of the molecule is CCCCOC[C@H](C)[C@H](O)[C@@H](C)C(=O)C(C)(C)[C@@H](O)CC(=O)OC(C)(C)C. The molecule has 0 amide bonds. The average molecular weight is 389 g/mol. The van der Waals surface area contributed by atoms with E-state index < -0.39 is 35.1 Å². The summed E-state index contributed by atoms with van der Waals surface area (Å²) in [6.07, 6.45) is -0.344. The van der Waals surface area contributed by atoms with Gasteiger partial charge in [0.1, 0.15) is 11.4 Å². The lowest BCUT2D eigenvalue weighted by Gasteiger charge is -2.34. The Kier molecular flexibility index (Phi) is 10.7. The van der Waals surface area contributed by atoms with Crippen molar-refractivity contribution in [2.24, 2.45) is 17.3 Å². The number of carbonyl (C=O) groups is 2. The van der Waals surface area contributed by atoms with E-state index in [2.05, 4.69) is 6.92 Å². The molecule has 0 aliphatic carbocycles. The summed E-state index contributed by atoms with van der Waals surface area (Å²) < 4.78 is 10.8. The van der Waals surface area contributed by atoms with Gasteiger partial charge in [-0.15, -0.1) is 0 Å². The highest BCUT2D eigenvalue weighted by atomic mass is 16.6. The van der Waals surface area contributed by atoms with Crippen LogP contribution in [0.15, 0.2) is 0 Å². The molecule has 4 atom stereocenters. The van der Waals surface area contributed by atoms with Crippen LogP contribution in [0.1, 0.15) is 74.7 Å². The summed E-state index contributed by atoms with van der Waals surface area (Å²) in [6, 6.07) is 0. The number of esters is 1. The predicted octanol–water partition coefficient (Wildman–Crippen LogP) is 3.12. The molecule has 27 heavy (non-hydrogen) atoms. The molecule has 0 aliphatic heterocycles. The van der Waals surface area contributed by atoms with Crippen molar-refractivity contribution in [1.82, 2.24) is 0 Å². The van der Waals surface area contributed by atoms with E-state index in [9.17, 15) is 19.8 Å². The Morgan fingerprint density at radius 1 is 1.04 bits per heavy atom. The van der Waals surface area contributed by atoms with E-state index in [1.165, 1.54) is 0 Å². The van der Waals surface area contributed by atoms with Gasteiger partial charge in [0.2, 0.25) is 0 Å². The maximum absolute atomic E-state index is 12.9. The van der Waals surface area contributed by atoms with Gasteiger partial charge in [0, 0.05) is 18.4 Å². The van der Waals surface area contributed by atoms with Gasteiger partial charge in [-0.05, 0) is 27.2 Å². The molecule has 0 saturated carbocycles. The maximum atomic E-state index is 12.9. The third kappa shape index (κ3) is 9.17. The zero-order chi connectivity index (χ0) is 21.4. The maximum Gasteiger partial charge on any atom is 0.308 e. The van der Waals surface area contributed by atoms with E-state index in [0.29, 0.717) is 13.2 Å². The fraction of sp³-hybridized carbons (Fsp3) is 0.905. The van der Waals surface area contributed by atoms with Crippen molar-refractivity contribution in [3.05, 3.63) is 0 Å². The molecular formula is C21H40O6. The summed E-state index contributed by atoms with van der Waals surface area (Å²) >= 11 is 0. The molecule has 160 valence electrons. The number of Topliss-reactive ketones (excluding diaryl/α,β-unsaturated/α-hetero) is 1. The summed E-state index contributed by atoms with van der Waals surface area (Å²) in [4.78, 5) is 24.8. The third-order valence-electron chi connectivity index (χ3n) is 4.78. The zero-order valence-electron chi connectivity index (χ0n) is 18.4. The molecule has 0 aromatic rings. The van der Waals surface area contributed by atoms with Gasteiger partial charge in [-0.1, -0.05) is 41.0 Å². The number of ketones is 1. The Labute approximate surface area is 164 Å². The van der Waals surface area contributed by atoms with Crippen LogP contribution in [0, 0.1) is 17.3 Å². The van der Waals surface area contributed by atoms with Gasteiger partial charge in [0.25, 0.3) is 0 Å². The van der Waals surface area contributed by atoms with Gasteiger partial charge in [0.05, 0.1) is 30.7 Å². The molecule has 2 N–H and O–H groups in total. The highest BCUT2D eigenvalue weighted by Crippen LogP contribution is 2.31. The van der Waals surface area contributed by atoms with Crippen LogP contribution in [0.25, 0.3) is 0 Å². The summed E-state index contributed by atoms with van der Waals surface area (Å²) in [7, 11) is 0. The van der Waals surface area contributed by atoms with Crippen molar-refractivity contribution >= 4 is 11.8 Å². The number of hydrogen-bond acceptors (Lipinski definition) is 6. The third-order valence-corrected chi connectivity index (χ3v) is 4.78. The number of aliphatic hydroxyl groups excluding tert-OH is 2. The van der Waals surface area contributed by atoms with Gasteiger partial charge in [-0.25, -0.2) is 0 Å². The molecule has 0 unspecified atom stereocenters. The van der Waals surface area contributed by atoms with E-state index >= 15 is 0 Å². The van der Waals surface area contributed by atoms with Crippen LogP contribution in [0.5, 0.6) is 0 Å². The van der Waals surface area contributed by atoms with E-state index in [1.807, 2.05) is 6.92 Å². The summed E-state index contributed by atoms with van der Waals surface area (Å²) in [6.45, 7) is 15.0. The molecule has 6 nitrogen and oxygen atoms in total. The first-order valence-corrected chi connectivity index (χ1v) is 9.94. The first kappa shape index (κ1) is 26.0. The van der Waals surface area contributed by atoms with Gasteiger partial charge in [0.15, 0.2) is 0 Å². The molecule has 0 aromatic carbocycles. The highest BCUT2D eigenvalue weighted by Gasteiger charge is 2.42. The molecule has 0 aliphatic rings. The summed E-state index contributed by atoms with van der Waals surface area (Å²) in [5, 5.41) is 21.0. The first-order chi connectivity index (χ1) is 12.2. The van der Waals surface area contributed by atoms with Crippen LogP contribution in [-0.4, -0.2) is 53.0 Å². The molecule has 0 fully saturated rings. The second-order valence-electron chi connectivity index (χ2n) is 9.08. The Hall–Kier alpha value is -0.980. The standard InChI is InChI=1S/C21H40O6/c1-9-10-11-26-13-14(2)18(24)15(3)19(25)21(7,8)16(22)12-17(23)27-20(4,5)6/h14-16,18,22,24H,9-13H2,1-8H3/t14-,15+,16-,18-/m0/s1. The molecule has 0 spiro atoms. The zero-order valence-corrected chi connectivity index (χ0v) is 18.4. The molecule has 0 radical (unpaired) electrons. The lowest BCUT2D eigenvalue weighted by Crippen LogP contribution is -2.46. The van der Waals surface area contributed by atoms with Gasteiger partial charge in [-0.3, -0.25) is 9.59 Å². The second-order valence-corrected chi connectivity index (χ2v) is 9.08. The molecule has 0 heterocycles. The van der Waals surface area contributed by atoms with Crippen molar-refractivity contribution in [1.29, 1.82) is 0 Å². The second kappa shape index (κ2) is 11.1. The molecule has 0 saturated heterocycles. The van der Waals surface area contributed by atoms with Gasteiger partial charge < -0.3 is 19.7 Å². The Balaban J connectivity index is 4.82. The van der Waals surface area contributed by atoms with Crippen LogP contribution in [0.4, 0.5) is 0 Å². The topological polar surface area (TPSA) is 93.1 Å². The Morgan fingerprint density at radius 2 is 1.59 bits per heavy atom. The monoisotopic (exact) mass is 388 g/mol. The normalized spacial score (nSPS) is 17.1. The van der Waals surface area contributed by atoms with Gasteiger partial charge >= 0.3 is 5.97 Å². The minimum atomic E-state index is -1.19. The fourth-order valence-electron chi connectivity index (χ4n) is 2.81. The van der Waals surface area contributed by atoms with Crippen LogP contribution in [0.3, 0.4) is 0 Å². The Morgan fingerprint density at radius 3 is 2.07 bits per heavy atom. The minimum Gasteiger partial charge on any atom is -0.460 e. The average Bonchev–Trinajstić information content (AvgIpc) is 2.54. The van der Waals surface area contributed by atoms with E-state index in [0.717, 1.165) is 12.8 Å². The Bertz CT molecular complexity index is 466. The van der Waals surface area contributed by atoms with Crippen molar-refractivity contribution in [2.75, 3.05) is 13.2 Å². The fourth-order valence-corrected chi connectivity index (χ4v) is 2.81. The number of ether oxygens (including phenoxy) is 2. The van der Waals surface area contributed by atoms with Gasteiger partial charge in [-0.2, -0.15) is 0 Å². The quantitative estimate of drug-likeness (QED) is 0.394. The molecule has 0 bridgehead atoms. The highest BCUT2D eigenvalue weighted by molar-refractivity contribution is 5.87. The number of aliphatic hydroxyl groups is 2. The first-order valence-electron chi connectivity index (χ1n) is 9.94. The number of hydrogen-bond donors (Lipinski definition) is 2. The van der Waals surface area contributed by atoms with Crippen molar-refractivity contribution in [2.45, 2.75) is 92.5 Å². The summed E-state index contributed by atoms with van der Waals surface area (Å²) in [5.41, 5.74) is -1.83. The lowest BCUT2D eigenvalue weighted by molar-refractivity contribution is -0.160. The van der Waals surface area contributed by atoms with E-state index in [4.69, 9.17) is 9.47 Å². The van der Waals surface area contributed by atoms with Crippen LogP contribution in [-0.2, 0) is 19.1 Å². The number of rotatable bonds is 12. The summed E-state index contributed by atoms with van der Waals surface area (Å²) in [5.74, 6) is -1.73. The van der Waals surface area contributed by atoms with Crippen LogP contribution in [0.2, 0.25) is 0 Å². The van der Waals surface area contributed by atoms with Crippen LogP contribution < -0.4 is 0 Å². The molecule has 6 heteroatoms. The largest absolute Gasteiger partial charge is 0.460 e. The van der Waals surface area contributed by atoms with Crippen molar-refractivity contribution in [3.8, 4) is 0 Å². The van der Waals surface area contributed by atoms with E-state index in [1.54, 1.807) is 41.5 Å². The number of carbonyl (C=O) groups excluding carboxylic acids is 2. The predicted molar refractivity (Wildman–Crippen MR) is 105 cm³/mol. The van der Waals surface area contributed by atoms with E-state index in [-0.39, 0.29) is 18.1 Å². The molecule has 0 aromatic heterocycles. The van der Waals surface area contributed by atoms with Crippen LogP contribution >= 0.6 is 0 Å².